The van der Waals surface area contributed by atoms with Gasteiger partial charge in [-0.15, -0.1) is 11.6 Å². The Balaban J connectivity index is 2.05. The van der Waals surface area contributed by atoms with E-state index in [4.69, 9.17) is 23.2 Å². The number of pyridine rings is 1. The SMILES string of the molecule is ClCCc1ccc(Nc2ccc(Cl)cn2)cc1. The van der Waals surface area contributed by atoms with Crippen molar-refractivity contribution in [3.63, 3.8) is 0 Å². The normalized spacial score (nSPS) is 10.2. The van der Waals surface area contributed by atoms with Crippen molar-refractivity contribution in [2.75, 3.05) is 11.2 Å². The van der Waals surface area contributed by atoms with Crippen LogP contribution in [0.25, 0.3) is 0 Å². The molecule has 0 bridgehead atoms. The molecule has 0 aliphatic rings. The van der Waals surface area contributed by atoms with Gasteiger partial charge < -0.3 is 5.32 Å². The third-order valence-electron chi connectivity index (χ3n) is 2.34. The molecule has 2 aromatic rings. The predicted molar refractivity (Wildman–Crippen MR) is 73.4 cm³/mol. The lowest BCUT2D eigenvalue weighted by Crippen LogP contribution is -1.93. The first kappa shape index (κ1) is 12.2. The van der Waals surface area contributed by atoms with Crippen LogP contribution in [-0.2, 0) is 6.42 Å². The van der Waals surface area contributed by atoms with Crippen molar-refractivity contribution >= 4 is 34.7 Å². The van der Waals surface area contributed by atoms with Crippen LogP contribution >= 0.6 is 23.2 Å². The number of rotatable bonds is 4. The van der Waals surface area contributed by atoms with Crippen molar-refractivity contribution in [1.82, 2.24) is 4.98 Å². The highest BCUT2D eigenvalue weighted by Gasteiger charge is 1.97. The molecule has 0 amide bonds. The van der Waals surface area contributed by atoms with Crippen LogP contribution in [0.3, 0.4) is 0 Å². The van der Waals surface area contributed by atoms with E-state index < -0.39 is 0 Å². The third-order valence-corrected chi connectivity index (χ3v) is 2.75. The molecule has 0 atom stereocenters. The van der Waals surface area contributed by atoms with Crippen LogP contribution in [0.5, 0.6) is 0 Å². The van der Waals surface area contributed by atoms with Gasteiger partial charge in [-0.25, -0.2) is 4.98 Å². The number of alkyl halides is 1. The van der Waals surface area contributed by atoms with Crippen LogP contribution in [0.15, 0.2) is 42.6 Å². The minimum atomic E-state index is 0.632. The van der Waals surface area contributed by atoms with Crippen molar-refractivity contribution in [2.24, 2.45) is 0 Å². The van der Waals surface area contributed by atoms with E-state index in [1.54, 1.807) is 12.3 Å². The highest BCUT2D eigenvalue weighted by Crippen LogP contribution is 2.17. The minimum absolute atomic E-state index is 0.632. The summed E-state index contributed by atoms with van der Waals surface area (Å²) < 4.78 is 0. The van der Waals surface area contributed by atoms with Gasteiger partial charge in [-0.1, -0.05) is 23.7 Å². The fourth-order valence-electron chi connectivity index (χ4n) is 1.46. The Morgan fingerprint density at radius 1 is 1.06 bits per heavy atom. The number of benzene rings is 1. The lowest BCUT2D eigenvalue weighted by molar-refractivity contribution is 1.15. The molecule has 2 rings (SSSR count). The van der Waals surface area contributed by atoms with Crippen molar-refractivity contribution in [3.8, 4) is 0 Å². The number of aromatic nitrogens is 1. The summed E-state index contributed by atoms with van der Waals surface area (Å²) >= 11 is 11.4. The zero-order valence-electron chi connectivity index (χ0n) is 9.16. The summed E-state index contributed by atoms with van der Waals surface area (Å²) in [4.78, 5) is 4.17. The highest BCUT2D eigenvalue weighted by molar-refractivity contribution is 6.30. The first-order valence-electron chi connectivity index (χ1n) is 5.31. The van der Waals surface area contributed by atoms with Gasteiger partial charge in [0.15, 0.2) is 0 Å². The Morgan fingerprint density at radius 3 is 2.41 bits per heavy atom. The monoisotopic (exact) mass is 266 g/mol. The van der Waals surface area contributed by atoms with Gasteiger partial charge in [0.25, 0.3) is 0 Å². The van der Waals surface area contributed by atoms with Gasteiger partial charge >= 0.3 is 0 Å². The molecule has 1 aromatic carbocycles. The molecule has 1 heterocycles. The quantitative estimate of drug-likeness (QED) is 0.837. The first-order chi connectivity index (χ1) is 8.28. The van der Waals surface area contributed by atoms with Crippen LogP contribution in [-0.4, -0.2) is 10.9 Å². The maximum atomic E-state index is 5.77. The van der Waals surface area contributed by atoms with Crippen LogP contribution in [0, 0.1) is 0 Å². The molecule has 88 valence electrons. The molecule has 4 heteroatoms. The van der Waals surface area contributed by atoms with Crippen molar-refractivity contribution in [3.05, 3.63) is 53.2 Å². The Kier molecular flexibility index (Phi) is 4.24. The second-order valence-corrected chi connectivity index (χ2v) is 4.44. The number of anilines is 2. The van der Waals surface area contributed by atoms with E-state index in [-0.39, 0.29) is 0 Å². The first-order valence-corrected chi connectivity index (χ1v) is 6.22. The largest absolute Gasteiger partial charge is 0.340 e. The molecule has 0 saturated heterocycles. The van der Waals surface area contributed by atoms with Crippen LogP contribution in [0.1, 0.15) is 5.56 Å². The number of hydrogen-bond donors (Lipinski definition) is 1. The summed E-state index contributed by atoms with van der Waals surface area (Å²) in [6, 6.07) is 11.8. The molecule has 0 spiro atoms. The van der Waals surface area contributed by atoms with Gasteiger partial charge in [0.05, 0.1) is 5.02 Å². The lowest BCUT2D eigenvalue weighted by Gasteiger charge is -2.06. The maximum Gasteiger partial charge on any atom is 0.130 e. The number of nitrogens with zero attached hydrogens (tertiary/aromatic N) is 1. The summed E-state index contributed by atoms with van der Waals surface area (Å²) in [6.07, 6.45) is 2.51. The van der Waals surface area contributed by atoms with Gasteiger partial charge in [0.2, 0.25) is 0 Å². The van der Waals surface area contributed by atoms with Crippen molar-refractivity contribution in [2.45, 2.75) is 6.42 Å². The fourth-order valence-corrected chi connectivity index (χ4v) is 1.79. The highest BCUT2D eigenvalue weighted by atomic mass is 35.5. The molecule has 1 aromatic heterocycles. The van der Waals surface area contributed by atoms with Gasteiger partial charge in [-0.05, 0) is 36.2 Å². The minimum Gasteiger partial charge on any atom is -0.340 e. The van der Waals surface area contributed by atoms with E-state index in [1.807, 2.05) is 18.2 Å². The van der Waals surface area contributed by atoms with Gasteiger partial charge in [0.1, 0.15) is 5.82 Å². The van der Waals surface area contributed by atoms with Crippen molar-refractivity contribution < 1.29 is 0 Å². The standard InChI is InChI=1S/C13H12Cl2N2/c14-8-7-10-1-4-12(5-2-10)17-13-6-3-11(15)9-16-13/h1-6,9H,7-8H2,(H,16,17). The van der Waals surface area contributed by atoms with Crippen molar-refractivity contribution in [1.29, 1.82) is 0 Å². The molecule has 0 aliphatic carbocycles. The average Bonchev–Trinajstić information content (AvgIpc) is 2.35. The van der Waals surface area contributed by atoms with Gasteiger partial charge in [-0.2, -0.15) is 0 Å². The van der Waals surface area contributed by atoms with E-state index in [2.05, 4.69) is 22.4 Å². The molecule has 0 unspecified atom stereocenters. The Hall–Kier alpha value is -1.25. The van der Waals surface area contributed by atoms with E-state index in [0.29, 0.717) is 10.9 Å². The molecule has 1 N–H and O–H groups in total. The topological polar surface area (TPSA) is 24.9 Å². The predicted octanol–water partition coefficient (Wildman–Crippen LogP) is 4.26. The van der Waals surface area contributed by atoms with Gasteiger partial charge in [0, 0.05) is 17.8 Å². The summed E-state index contributed by atoms with van der Waals surface area (Å²) in [6.45, 7) is 0. The molecule has 2 nitrogen and oxygen atoms in total. The molecule has 17 heavy (non-hydrogen) atoms. The molecule has 0 saturated carbocycles. The molecule has 0 radical (unpaired) electrons. The van der Waals surface area contributed by atoms with E-state index in [0.717, 1.165) is 17.9 Å². The molecular formula is C13H12Cl2N2. The van der Waals surface area contributed by atoms with Crippen LogP contribution < -0.4 is 5.32 Å². The number of aryl methyl sites for hydroxylation is 1. The molecule has 0 fully saturated rings. The second kappa shape index (κ2) is 5.89. The number of hydrogen-bond acceptors (Lipinski definition) is 2. The summed E-state index contributed by atoms with van der Waals surface area (Å²) in [5, 5.41) is 3.83. The molecule has 0 aliphatic heterocycles. The lowest BCUT2D eigenvalue weighted by atomic mass is 10.1. The maximum absolute atomic E-state index is 5.77. The Morgan fingerprint density at radius 2 is 1.82 bits per heavy atom. The van der Waals surface area contributed by atoms with Gasteiger partial charge in [-0.3, -0.25) is 0 Å². The van der Waals surface area contributed by atoms with E-state index in [9.17, 15) is 0 Å². The molecular weight excluding hydrogens is 255 g/mol. The van der Waals surface area contributed by atoms with Crippen LogP contribution in [0.4, 0.5) is 11.5 Å². The zero-order valence-corrected chi connectivity index (χ0v) is 10.7. The number of halogens is 2. The zero-order chi connectivity index (χ0) is 12.1. The smallest absolute Gasteiger partial charge is 0.130 e. The van der Waals surface area contributed by atoms with E-state index >= 15 is 0 Å². The third kappa shape index (κ3) is 3.62. The average molecular weight is 267 g/mol. The Bertz CT molecular complexity index is 466. The summed E-state index contributed by atoms with van der Waals surface area (Å²) in [7, 11) is 0. The number of nitrogens with one attached hydrogen (secondary N) is 1. The summed E-state index contributed by atoms with van der Waals surface area (Å²) in [5.74, 6) is 1.42. The summed E-state index contributed by atoms with van der Waals surface area (Å²) in [5.41, 5.74) is 2.23. The fraction of sp³-hybridized carbons (Fsp3) is 0.154. The van der Waals surface area contributed by atoms with E-state index in [1.165, 1.54) is 5.56 Å². The second-order valence-electron chi connectivity index (χ2n) is 3.62. The Labute approximate surface area is 111 Å². The van der Waals surface area contributed by atoms with Crippen LogP contribution in [0.2, 0.25) is 5.02 Å².